The molecular weight excluding hydrogens is 330 g/mol. The molecule has 8 heteroatoms. The fourth-order valence-electron chi connectivity index (χ4n) is 2.41. The Bertz CT molecular complexity index is 872. The lowest BCUT2D eigenvalue weighted by Gasteiger charge is -2.08. The standard InChI is InChI=1S/C16H13N3O4S/c1-2-17-15(20)14(24-16(17)21)10-12-7-4-8-18(12)11-5-3-6-13(9-11)19(22)23/h3-10H,2H2,1H3. The fourth-order valence-corrected chi connectivity index (χ4v) is 3.30. The van der Waals surface area contributed by atoms with E-state index in [1.807, 2.05) is 0 Å². The van der Waals surface area contributed by atoms with Crippen LogP contribution in [0.5, 0.6) is 0 Å². The van der Waals surface area contributed by atoms with Crippen molar-refractivity contribution in [2.45, 2.75) is 6.92 Å². The van der Waals surface area contributed by atoms with Crippen molar-refractivity contribution >= 4 is 34.7 Å². The number of hydrogen-bond acceptors (Lipinski definition) is 5. The van der Waals surface area contributed by atoms with E-state index in [4.69, 9.17) is 0 Å². The number of thioether (sulfide) groups is 1. The number of aromatic nitrogens is 1. The van der Waals surface area contributed by atoms with Crippen molar-refractivity contribution in [1.29, 1.82) is 0 Å². The zero-order valence-electron chi connectivity index (χ0n) is 12.7. The Labute approximate surface area is 141 Å². The van der Waals surface area contributed by atoms with Crippen molar-refractivity contribution in [2.75, 3.05) is 6.54 Å². The van der Waals surface area contributed by atoms with Gasteiger partial charge in [0, 0.05) is 30.6 Å². The number of hydrogen-bond donors (Lipinski definition) is 0. The number of benzene rings is 1. The molecule has 0 spiro atoms. The van der Waals surface area contributed by atoms with Crippen LogP contribution in [-0.2, 0) is 4.79 Å². The van der Waals surface area contributed by atoms with Gasteiger partial charge in [0.15, 0.2) is 0 Å². The number of carbonyl (C=O) groups excluding carboxylic acids is 2. The Morgan fingerprint density at radius 3 is 2.71 bits per heavy atom. The summed E-state index contributed by atoms with van der Waals surface area (Å²) in [5.41, 5.74) is 1.26. The normalized spacial score (nSPS) is 16.2. The average Bonchev–Trinajstić information content (AvgIpc) is 3.12. The van der Waals surface area contributed by atoms with Crippen molar-refractivity contribution in [3.63, 3.8) is 0 Å². The predicted octanol–water partition coefficient (Wildman–Crippen LogP) is 3.44. The molecule has 1 aromatic heterocycles. The molecule has 0 bridgehead atoms. The minimum absolute atomic E-state index is 0.0153. The molecule has 1 aliphatic rings. The third-order valence-electron chi connectivity index (χ3n) is 3.57. The molecule has 0 saturated carbocycles. The first kappa shape index (κ1) is 16.0. The highest BCUT2D eigenvalue weighted by Crippen LogP contribution is 2.32. The molecule has 2 aromatic rings. The Balaban J connectivity index is 1.99. The number of nitrogens with zero attached hydrogens (tertiary/aromatic N) is 3. The molecule has 2 amide bonds. The Morgan fingerprint density at radius 1 is 1.25 bits per heavy atom. The van der Waals surface area contributed by atoms with Gasteiger partial charge in [0.05, 0.1) is 15.5 Å². The number of rotatable bonds is 4. The van der Waals surface area contributed by atoms with E-state index in [1.54, 1.807) is 48.0 Å². The van der Waals surface area contributed by atoms with Crippen molar-refractivity contribution in [3.05, 3.63) is 63.3 Å². The number of non-ortho nitro benzene ring substituents is 1. The molecule has 1 saturated heterocycles. The van der Waals surface area contributed by atoms with Gasteiger partial charge in [0.2, 0.25) is 0 Å². The topological polar surface area (TPSA) is 85.4 Å². The summed E-state index contributed by atoms with van der Waals surface area (Å²) in [4.78, 5) is 35.9. The minimum Gasteiger partial charge on any atom is -0.317 e. The number of nitro benzene ring substituents is 1. The van der Waals surface area contributed by atoms with Crippen molar-refractivity contribution < 1.29 is 14.5 Å². The molecule has 24 heavy (non-hydrogen) atoms. The zero-order valence-corrected chi connectivity index (χ0v) is 13.5. The monoisotopic (exact) mass is 343 g/mol. The van der Waals surface area contributed by atoms with E-state index < -0.39 is 4.92 Å². The van der Waals surface area contributed by atoms with E-state index in [2.05, 4.69) is 0 Å². The largest absolute Gasteiger partial charge is 0.317 e. The van der Waals surface area contributed by atoms with Crippen LogP contribution in [0.3, 0.4) is 0 Å². The van der Waals surface area contributed by atoms with Crippen LogP contribution in [0, 0.1) is 10.1 Å². The summed E-state index contributed by atoms with van der Waals surface area (Å²) in [6.45, 7) is 2.07. The van der Waals surface area contributed by atoms with E-state index in [0.717, 1.165) is 11.8 Å². The maximum atomic E-state index is 12.2. The van der Waals surface area contributed by atoms with Gasteiger partial charge in [-0.2, -0.15) is 0 Å². The van der Waals surface area contributed by atoms with Crippen LogP contribution in [0.2, 0.25) is 0 Å². The molecule has 3 rings (SSSR count). The van der Waals surface area contributed by atoms with Gasteiger partial charge in [0.25, 0.3) is 16.8 Å². The Hall–Kier alpha value is -2.87. The number of carbonyl (C=O) groups is 2. The van der Waals surface area contributed by atoms with E-state index in [-0.39, 0.29) is 16.8 Å². The van der Waals surface area contributed by atoms with Crippen molar-refractivity contribution in [3.8, 4) is 5.69 Å². The molecule has 1 fully saturated rings. The summed E-state index contributed by atoms with van der Waals surface area (Å²) < 4.78 is 1.73. The summed E-state index contributed by atoms with van der Waals surface area (Å²) in [5.74, 6) is -0.320. The first-order chi connectivity index (χ1) is 11.5. The molecule has 1 aromatic carbocycles. The molecule has 0 radical (unpaired) electrons. The van der Waals surface area contributed by atoms with Gasteiger partial charge in [-0.05, 0) is 43.0 Å². The molecule has 0 N–H and O–H groups in total. The van der Waals surface area contributed by atoms with Gasteiger partial charge in [-0.15, -0.1) is 0 Å². The van der Waals surface area contributed by atoms with Gasteiger partial charge in [-0.3, -0.25) is 24.6 Å². The van der Waals surface area contributed by atoms with Crippen LogP contribution in [0.1, 0.15) is 12.6 Å². The SMILES string of the molecule is CCN1C(=O)SC(=Cc2cccn2-c2cccc([N+](=O)[O-])c2)C1=O. The van der Waals surface area contributed by atoms with Gasteiger partial charge in [-0.1, -0.05) is 6.07 Å². The Morgan fingerprint density at radius 2 is 2.04 bits per heavy atom. The van der Waals surface area contributed by atoms with Crippen LogP contribution < -0.4 is 0 Å². The number of nitro groups is 1. The maximum Gasteiger partial charge on any atom is 0.293 e. The highest BCUT2D eigenvalue weighted by atomic mass is 32.2. The van der Waals surface area contributed by atoms with Crippen LogP contribution in [0.15, 0.2) is 47.5 Å². The third-order valence-corrected chi connectivity index (χ3v) is 4.48. The third kappa shape index (κ3) is 2.83. The second-order valence-electron chi connectivity index (χ2n) is 5.01. The molecule has 1 aliphatic heterocycles. The van der Waals surface area contributed by atoms with Crippen LogP contribution in [-0.4, -0.2) is 32.1 Å². The fraction of sp³-hybridized carbons (Fsp3) is 0.125. The summed E-state index contributed by atoms with van der Waals surface area (Å²) in [7, 11) is 0. The van der Waals surface area contributed by atoms with Crippen LogP contribution >= 0.6 is 11.8 Å². The predicted molar refractivity (Wildman–Crippen MR) is 90.8 cm³/mol. The van der Waals surface area contributed by atoms with Crippen molar-refractivity contribution in [2.24, 2.45) is 0 Å². The Kier molecular flexibility index (Phi) is 4.22. The van der Waals surface area contributed by atoms with E-state index in [9.17, 15) is 19.7 Å². The highest BCUT2D eigenvalue weighted by molar-refractivity contribution is 8.18. The van der Waals surface area contributed by atoms with Crippen molar-refractivity contribution in [1.82, 2.24) is 9.47 Å². The maximum absolute atomic E-state index is 12.2. The zero-order chi connectivity index (χ0) is 17.3. The summed E-state index contributed by atoms with van der Waals surface area (Å²) in [6.07, 6.45) is 3.37. The van der Waals surface area contributed by atoms with Gasteiger partial charge in [-0.25, -0.2) is 0 Å². The lowest BCUT2D eigenvalue weighted by Crippen LogP contribution is -2.27. The van der Waals surface area contributed by atoms with Crippen LogP contribution in [0.25, 0.3) is 11.8 Å². The van der Waals surface area contributed by atoms with Gasteiger partial charge in [0.1, 0.15) is 0 Å². The molecule has 0 unspecified atom stereocenters. The number of amides is 2. The van der Waals surface area contributed by atoms with E-state index in [0.29, 0.717) is 22.8 Å². The smallest absolute Gasteiger partial charge is 0.293 e. The summed E-state index contributed by atoms with van der Waals surface area (Å²) in [5, 5.41) is 10.6. The molecule has 0 aliphatic carbocycles. The molecule has 122 valence electrons. The van der Waals surface area contributed by atoms with Gasteiger partial charge < -0.3 is 4.57 Å². The summed E-state index contributed by atoms with van der Waals surface area (Å²) >= 11 is 0.894. The lowest BCUT2D eigenvalue weighted by molar-refractivity contribution is -0.384. The lowest BCUT2D eigenvalue weighted by atomic mass is 10.2. The quantitative estimate of drug-likeness (QED) is 0.482. The summed E-state index contributed by atoms with van der Waals surface area (Å²) in [6, 6.07) is 9.76. The number of imide groups is 1. The average molecular weight is 343 g/mol. The molecule has 0 atom stereocenters. The second kappa shape index (κ2) is 6.32. The first-order valence-corrected chi connectivity index (χ1v) is 8.00. The first-order valence-electron chi connectivity index (χ1n) is 7.19. The highest BCUT2D eigenvalue weighted by Gasteiger charge is 2.33. The molecule has 2 heterocycles. The molecule has 7 nitrogen and oxygen atoms in total. The van der Waals surface area contributed by atoms with E-state index in [1.165, 1.54) is 17.0 Å². The number of likely N-dealkylation sites (N-methyl/N-ethyl adjacent to an activating group) is 1. The van der Waals surface area contributed by atoms with Gasteiger partial charge >= 0.3 is 0 Å². The minimum atomic E-state index is -0.459. The van der Waals surface area contributed by atoms with Crippen LogP contribution in [0.4, 0.5) is 10.5 Å². The van der Waals surface area contributed by atoms with E-state index >= 15 is 0 Å². The molecular formula is C16H13N3O4S. The second-order valence-corrected chi connectivity index (χ2v) is 6.00.